The number of urea groups is 1. The summed E-state index contributed by atoms with van der Waals surface area (Å²) in [6.45, 7) is 5.34. The molecule has 1 fully saturated rings. The molecule has 2 heterocycles. The van der Waals surface area contributed by atoms with Crippen LogP contribution in [0.2, 0.25) is 0 Å². The highest BCUT2D eigenvalue weighted by Gasteiger charge is 2.44. The molecule has 0 aliphatic carbocycles. The summed E-state index contributed by atoms with van der Waals surface area (Å²) in [4.78, 5) is 22.0. The Hall–Kier alpha value is -1.46. The molecular formula is C12H23N5O. The molecule has 2 rings (SSSR count). The van der Waals surface area contributed by atoms with E-state index >= 15 is 0 Å². The lowest BCUT2D eigenvalue weighted by Crippen LogP contribution is -2.58. The van der Waals surface area contributed by atoms with Gasteiger partial charge in [-0.2, -0.15) is 0 Å². The smallest absolute Gasteiger partial charge is 0.319 e. The van der Waals surface area contributed by atoms with Crippen LogP contribution in [0.5, 0.6) is 0 Å². The van der Waals surface area contributed by atoms with Gasteiger partial charge in [-0.05, 0) is 19.8 Å². The molecule has 6 nitrogen and oxygen atoms in total. The first kappa shape index (κ1) is 13.0. The average molecular weight is 253 g/mol. The Morgan fingerprint density at radius 1 is 1.44 bits per heavy atom. The first-order chi connectivity index (χ1) is 8.50. The summed E-state index contributed by atoms with van der Waals surface area (Å²) in [6.07, 6.45) is 1.90. The van der Waals surface area contributed by atoms with Gasteiger partial charge in [0.25, 0.3) is 0 Å². The van der Waals surface area contributed by atoms with Crippen LogP contribution in [0.25, 0.3) is 0 Å². The molecule has 18 heavy (non-hydrogen) atoms. The van der Waals surface area contributed by atoms with Gasteiger partial charge >= 0.3 is 6.03 Å². The molecule has 2 amide bonds. The molecule has 102 valence electrons. The Morgan fingerprint density at radius 2 is 2.06 bits per heavy atom. The predicted molar refractivity (Wildman–Crippen MR) is 71.5 cm³/mol. The van der Waals surface area contributed by atoms with Crippen molar-refractivity contribution >= 4 is 12.0 Å². The molecule has 2 N–H and O–H groups in total. The third-order valence-corrected chi connectivity index (χ3v) is 4.05. The topological polar surface area (TPSA) is 65.2 Å². The summed E-state index contributed by atoms with van der Waals surface area (Å²) >= 11 is 0. The lowest BCUT2D eigenvalue weighted by molar-refractivity contribution is 0.0916. The molecule has 2 aliphatic rings. The zero-order chi connectivity index (χ0) is 13.3. The number of piperidine rings is 1. The second-order valence-electron chi connectivity index (χ2n) is 5.31. The first-order valence-corrected chi connectivity index (χ1v) is 6.54. The summed E-state index contributed by atoms with van der Waals surface area (Å²) in [5, 5.41) is 0. The molecule has 0 bridgehead atoms. The molecule has 0 aromatic rings. The van der Waals surface area contributed by atoms with Gasteiger partial charge in [-0.1, -0.05) is 0 Å². The summed E-state index contributed by atoms with van der Waals surface area (Å²) in [7, 11) is 3.59. The number of hydrogen-bond donors (Lipinski definition) is 1. The van der Waals surface area contributed by atoms with Crippen LogP contribution >= 0.6 is 0 Å². The summed E-state index contributed by atoms with van der Waals surface area (Å²) < 4.78 is 0. The number of rotatable bonds is 1. The fourth-order valence-corrected chi connectivity index (χ4v) is 2.96. The number of carbonyl (C=O) groups excluding carboxylic acids is 1. The number of nitrogens with zero attached hydrogens (tertiary/aromatic N) is 4. The molecular weight excluding hydrogens is 230 g/mol. The van der Waals surface area contributed by atoms with Crippen molar-refractivity contribution in [3.8, 4) is 0 Å². The van der Waals surface area contributed by atoms with Crippen LogP contribution in [0.15, 0.2) is 4.99 Å². The lowest BCUT2D eigenvalue weighted by atomic mass is 9.86. The lowest BCUT2D eigenvalue weighted by Gasteiger charge is -2.45. The van der Waals surface area contributed by atoms with Gasteiger partial charge in [-0.15, -0.1) is 0 Å². The summed E-state index contributed by atoms with van der Waals surface area (Å²) in [5.74, 6) is 0.657. The number of amides is 2. The van der Waals surface area contributed by atoms with E-state index in [-0.39, 0.29) is 11.6 Å². The Kier molecular flexibility index (Phi) is 3.36. The number of carbonyl (C=O) groups is 1. The highest BCUT2D eigenvalue weighted by atomic mass is 16.2. The Morgan fingerprint density at radius 3 is 2.56 bits per heavy atom. The average Bonchev–Trinajstić information content (AvgIpc) is 2.66. The van der Waals surface area contributed by atoms with Gasteiger partial charge in [-0.25, -0.2) is 4.79 Å². The van der Waals surface area contributed by atoms with Crippen molar-refractivity contribution < 1.29 is 4.79 Å². The molecule has 1 saturated heterocycles. The molecule has 6 heteroatoms. The third kappa shape index (κ3) is 2.00. The van der Waals surface area contributed by atoms with E-state index in [0.717, 1.165) is 39.0 Å². The van der Waals surface area contributed by atoms with Crippen LogP contribution in [-0.2, 0) is 0 Å². The largest absolute Gasteiger partial charge is 0.370 e. The SMILES string of the molecule is CCN1C(N)=NCC12CCN(C(=O)N(C)C)CC2. The Bertz CT molecular complexity index is 357. The van der Waals surface area contributed by atoms with Crippen molar-refractivity contribution in [3.05, 3.63) is 0 Å². The highest BCUT2D eigenvalue weighted by molar-refractivity contribution is 5.81. The zero-order valence-corrected chi connectivity index (χ0v) is 11.5. The molecule has 0 saturated carbocycles. The zero-order valence-electron chi connectivity index (χ0n) is 11.5. The van der Waals surface area contributed by atoms with Crippen molar-refractivity contribution in [1.82, 2.24) is 14.7 Å². The fourth-order valence-electron chi connectivity index (χ4n) is 2.96. The van der Waals surface area contributed by atoms with E-state index in [2.05, 4.69) is 16.8 Å². The van der Waals surface area contributed by atoms with Crippen LogP contribution in [-0.4, -0.2) is 72.5 Å². The van der Waals surface area contributed by atoms with Gasteiger partial charge in [0, 0.05) is 33.7 Å². The fraction of sp³-hybridized carbons (Fsp3) is 0.833. The number of aliphatic imine (C=N–C) groups is 1. The van der Waals surface area contributed by atoms with Crippen molar-refractivity contribution in [3.63, 3.8) is 0 Å². The van der Waals surface area contributed by atoms with Gasteiger partial charge in [0.05, 0.1) is 12.1 Å². The maximum Gasteiger partial charge on any atom is 0.319 e. The Labute approximate surface area is 108 Å². The van der Waals surface area contributed by atoms with E-state index in [1.165, 1.54) is 0 Å². The van der Waals surface area contributed by atoms with Gasteiger partial charge in [-0.3, -0.25) is 4.99 Å². The second-order valence-corrected chi connectivity index (χ2v) is 5.31. The molecule has 0 radical (unpaired) electrons. The van der Waals surface area contributed by atoms with Crippen LogP contribution in [0.4, 0.5) is 4.79 Å². The highest BCUT2D eigenvalue weighted by Crippen LogP contribution is 2.32. The van der Waals surface area contributed by atoms with Crippen molar-refractivity contribution in [1.29, 1.82) is 0 Å². The number of guanidine groups is 1. The van der Waals surface area contributed by atoms with E-state index < -0.39 is 0 Å². The number of likely N-dealkylation sites (N-methyl/N-ethyl adjacent to an activating group) is 1. The molecule has 1 spiro atoms. The summed E-state index contributed by atoms with van der Waals surface area (Å²) in [5.41, 5.74) is 5.98. The van der Waals surface area contributed by atoms with Gasteiger partial charge in [0.1, 0.15) is 0 Å². The maximum absolute atomic E-state index is 11.9. The van der Waals surface area contributed by atoms with Gasteiger partial charge in [0.2, 0.25) is 0 Å². The third-order valence-electron chi connectivity index (χ3n) is 4.05. The van der Waals surface area contributed by atoms with Crippen molar-refractivity contribution in [2.75, 3.05) is 40.3 Å². The number of hydrogen-bond acceptors (Lipinski definition) is 4. The van der Waals surface area contributed by atoms with Crippen LogP contribution < -0.4 is 5.73 Å². The molecule has 0 atom stereocenters. The van der Waals surface area contributed by atoms with Crippen molar-refractivity contribution in [2.24, 2.45) is 10.7 Å². The van der Waals surface area contributed by atoms with E-state index in [0.29, 0.717) is 5.96 Å². The molecule has 0 aromatic heterocycles. The van der Waals surface area contributed by atoms with Gasteiger partial charge in [0.15, 0.2) is 5.96 Å². The molecule has 0 aromatic carbocycles. The van der Waals surface area contributed by atoms with E-state index in [9.17, 15) is 4.79 Å². The monoisotopic (exact) mass is 253 g/mol. The predicted octanol–water partition coefficient (Wildman–Crippen LogP) is 0.153. The van der Waals surface area contributed by atoms with Crippen LogP contribution in [0.3, 0.4) is 0 Å². The maximum atomic E-state index is 11.9. The van der Waals surface area contributed by atoms with Crippen molar-refractivity contribution in [2.45, 2.75) is 25.3 Å². The Balaban J connectivity index is 2.00. The minimum absolute atomic E-state index is 0.0575. The van der Waals surface area contributed by atoms with E-state index in [1.807, 2.05) is 4.90 Å². The first-order valence-electron chi connectivity index (χ1n) is 6.54. The second kappa shape index (κ2) is 4.66. The number of nitrogens with two attached hydrogens (primary N) is 1. The van der Waals surface area contributed by atoms with Crippen LogP contribution in [0.1, 0.15) is 19.8 Å². The van der Waals surface area contributed by atoms with E-state index in [1.54, 1.807) is 19.0 Å². The van der Waals surface area contributed by atoms with E-state index in [4.69, 9.17) is 5.73 Å². The minimum atomic E-state index is 0.0575. The number of likely N-dealkylation sites (tertiary alicyclic amines) is 1. The standard InChI is InChI=1S/C12H23N5O/c1-4-17-10(13)14-9-12(17)5-7-16(8-6-12)11(18)15(2)3/h4-9H2,1-3H3,(H2,13,14). The molecule has 2 aliphatic heterocycles. The quantitative estimate of drug-likeness (QED) is 0.723. The van der Waals surface area contributed by atoms with Gasteiger partial charge < -0.3 is 20.4 Å². The van der Waals surface area contributed by atoms with Crippen LogP contribution in [0, 0.1) is 0 Å². The molecule has 0 unspecified atom stereocenters. The minimum Gasteiger partial charge on any atom is -0.370 e. The normalized spacial score (nSPS) is 22.3. The summed E-state index contributed by atoms with van der Waals surface area (Å²) in [6, 6.07) is 0.0970.